The molecule has 1 aromatic carbocycles. The first-order valence-electron chi connectivity index (χ1n) is 8.24. The van der Waals surface area contributed by atoms with Crippen LogP contribution in [0.2, 0.25) is 0 Å². The average Bonchev–Trinajstić information content (AvgIpc) is 3.24. The predicted molar refractivity (Wildman–Crippen MR) is 99.4 cm³/mol. The lowest BCUT2D eigenvalue weighted by Crippen LogP contribution is -2.39. The maximum Gasteiger partial charge on any atom is 0.355 e. The Morgan fingerprint density at radius 1 is 1.44 bits per heavy atom. The normalized spacial score (nSPS) is 16.7. The van der Waals surface area contributed by atoms with Gasteiger partial charge in [0.1, 0.15) is 11.6 Å². The maximum absolute atomic E-state index is 13.7. The molecule has 10 heteroatoms. The number of halogens is 2. The molecule has 3 rings (SSSR count). The zero-order chi connectivity index (χ0) is 19.4. The molecule has 2 N–H and O–H groups in total. The summed E-state index contributed by atoms with van der Waals surface area (Å²) in [5, 5.41) is 13.2. The topological polar surface area (TPSA) is 82.5 Å². The van der Waals surface area contributed by atoms with E-state index in [9.17, 15) is 18.4 Å². The van der Waals surface area contributed by atoms with E-state index in [1.165, 1.54) is 28.5 Å². The Hall–Kier alpha value is -2.20. The Balaban J connectivity index is 1.52. The minimum atomic E-state index is -1.07. The van der Waals surface area contributed by atoms with Gasteiger partial charge in [-0.15, -0.1) is 11.3 Å². The Morgan fingerprint density at radius 2 is 2.26 bits per heavy atom. The number of carbonyl (C=O) groups excluding carboxylic acids is 1. The van der Waals surface area contributed by atoms with Crippen molar-refractivity contribution in [2.24, 2.45) is 0 Å². The van der Waals surface area contributed by atoms with Gasteiger partial charge in [0, 0.05) is 36.7 Å². The van der Waals surface area contributed by atoms with Crippen molar-refractivity contribution < 1.29 is 23.5 Å². The van der Waals surface area contributed by atoms with Crippen LogP contribution in [0.15, 0.2) is 27.9 Å². The van der Waals surface area contributed by atoms with Gasteiger partial charge in [-0.2, -0.15) is 0 Å². The van der Waals surface area contributed by atoms with Gasteiger partial charge < -0.3 is 15.3 Å². The summed E-state index contributed by atoms with van der Waals surface area (Å²) >= 11 is 2.64. The molecule has 27 heavy (non-hydrogen) atoms. The van der Waals surface area contributed by atoms with Crippen LogP contribution in [-0.4, -0.2) is 51.8 Å². The third kappa shape index (κ3) is 4.95. The molecule has 0 bridgehead atoms. The van der Waals surface area contributed by atoms with Crippen molar-refractivity contribution in [2.75, 3.05) is 24.2 Å². The first kappa shape index (κ1) is 19.6. The van der Waals surface area contributed by atoms with Gasteiger partial charge in [-0.05, 0) is 24.6 Å². The number of rotatable bonds is 8. The highest BCUT2D eigenvalue weighted by molar-refractivity contribution is 8.01. The SMILES string of the molecule is O=C(O)c1csc(SCCN2C(=O)CC[C@@H]2CNc2cc(F)ccc2F)n1. The molecule has 0 aliphatic carbocycles. The summed E-state index contributed by atoms with van der Waals surface area (Å²) in [6.45, 7) is 0.806. The van der Waals surface area contributed by atoms with E-state index in [1.54, 1.807) is 4.90 Å². The summed E-state index contributed by atoms with van der Waals surface area (Å²) in [6, 6.07) is 3.10. The number of benzene rings is 1. The number of thiazole rings is 1. The molecule has 0 spiro atoms. The van der Waals surface area contributed by atoms with Gasteiger partial charge in [-0.25, -0.2) is 18.6 Å². The lowest BCUT2D eigenvalue weighted by molar-refractivity contribution is -0.128. The van der Waals surface area contributed by atoms with Crippen molar-refractivity contribution >= 4 is 40.7 Å². The van der Waals surface area contributed by atoms with Gasteiger partial charge in [0.05, 0.1) is 5.69 Å². The fourth-order valence-corrected chi connectivity index (χ4v) is 4.64. The number of nitrogens with zero attached hydrogens (tertiary/aromatic N) is 2. The number of aromatic carboxylic acids is 1. The summed E-state index contributed by atoms with van der Waals surface area (Å²) in [7, 11) is 0. The number of aromatic nitrogens is 1. The minimum absolute atomic E-state index is 0.0129. The zero-order valence-electron chi connectivity index (χ0n) is 14.2. The Kier molecular flexibility index (Phi) is 6.27. The van der Waals surface area contributed by atoms with Crippen LogP contribution in [-0.2, 0) is 4.79 Å². The van der Waals surface area contributed by atoms with Crippen LogP contribution in [0.1, 0.15) is 23.3 Å². The quantitative estimate of drug-likeness (QED) is 0.646. The lowest BCUT2D eigenvalue weighted by Gasteiger charge is -2.25. The molecule has 1 aliphatic heterocycles. The molecule has 1 saturated heterocycles. The van der Waals surface area contributed by atoms with E-state index in [0.29, 0.717) is 36.0 Å². The number of thioether (sulfide) groups is 1. The molecule has 144 valence electrons. The van der Waals surface area contributed by atoms with Crippen molar-refractivity contribution in [1.29, 1.82) is 0 Å². The van der Waals surface area contributed by atoms with Crippen LogP contribution in [0.5, 0.6) is 0 Å². The molecule has 1 fully saturated rings. The van der Waals surface area contributed by atoms with E-state index in [4.69, 9.17) is 5.11 Å². The number of hydrogen-bond acceptors (Lipinski definition) is 6. The summed E-state index contributed by atoms with van der Waals surface area (Å²) in [4.78, 5) is 28.7. The summed E-state index contributed by atoms with van der Waals surface area (Å²) < 4.78 is 27.6. The summed E-state index contributed by atoms with van der Waals surface area (Å²) in [5.41, 5.74) is 0.0894. The number of hydrogen-bond donors (Lipinski definition) is 2. The van der Waals surface area contributed by atoms with E-state index in [2.05, 4.69) is 10.3 Å². The number of likely N-dealkylation sites (tertiary alicyclic amines) is 1. The lowest BCUT2D eigenvalue weighted by atomic mass is 10.2. The van der Waals surface area contributed by atoms with Gasteiger partial charge in [-0.1, -0.05) is 11.8 Å². The molecule has 1 amide bonds. The van der Waals surface area contributed by atoms with Crippen molar-refractivity contribution in [3.8, 4) is 0 Å². The van der Waals surface area contributed by atoms with Crippen LogP contribution in [0.25, 0.3) is 0 Å². The van der Waals surface area contributed by atoms with Gasteiger partial charge in [-0.3, -0.25) is 4.79 Å². The van der Waals surface area contributed by atoms with Crippen molar-refractivity contribution in [3.63, 3.8) is 0 Å². The number of anilines is 1. The van der Waals surface area contributed by atoms with Crippen molar-refractivity contribution in [1.82, 2.24) is 9.88 Å². The highest BCUT2D eigenvalue weighted by Gasteiger charge is 2.30. The highest BCUT2D eigenvalue weighted by Crippen LogP contribution is 2.25. The largest absolute Gasteiger partial charge is 0.476 e. The summed E-state index contributed by atoms with van der Waals surface area (Å²) in [5.74, 6) is -1.54. The van der Waals surface area contributed by atoms with Crippen LogP contribution >= 0.6 is 23.1 Å². The van der Waals surface area contributed by atoms with Crippen LogP contribution < -0.4 is 5.32 Å². The first-order valence-corrected chi connectivity index (χ1v) is 10.1. The molecule has 0 unspecified atom stereocenters. The molecule has 2 aromatic rings. The van der Waals surface area contributed by atoms with E-state index in [-0.39, 0.29) is 23.3 Å². The Bertz CT molecular complexity index is 847. The number of carbonyl (C=O) groups is 2. The standard InChI is InChI=1S/C17H17F2N3O3S2/c18-10-1-3-12(19)13(7-10)20-8-11-2-4-15(23)22(11)5-6-26-17-21-14(9-27-17)16(24)25/h1,3,7,9,11,20H,2,4-6,8H2,(H,24,25)/t11-/m1/s1. The van der Waals surface area contributed by atoms with E-state index in [1.807, 2.05) is 0 Å². The van der Waals surface area contributed by atoms with E-state index < -0.39 is 17.6 Å². The van der Waals surface area contributed by atoms with E-state index >= 15 is 0 Å². The van der Waals surface area contributed by atoms with Crippen LogP contribution in [0.3, 0.4) is 0 Å². The second-order valence-electron chi connectivity index (χ2n) is 5.94. The number of nitrogens with one attached hydrogen (secondary N) is 1. The smallest absolute Gasteiger partial charge is 0.355 e. The minimum Gasteiger partial charge on any atom is -0.476 e. The Morgan fingerprint density at radius 3 is 3.00 bits per heavy atom. The molecule has 1 atom stereocenters. The molecule has 6 nitrogen and oxygen atoms in total. The monoisotopic (exact) mass is 413 g/mol. The second-order valence-corrected chi connectivity index (χ2v) is 8.14. The number of carboxylic acids is 1. The predicted octanol–water partition coefficient (Wildman–Crippen LogP) is 3.31. The van der Waals surface area contributed by atoms with Gasteiger partial charge >= 0.3 is 5.97 Å². The zero-order valence-corrected chi connectivity index (χ0v) is 15.8. The van der Waals surface area contributed by atoms with Gasteiger partial charge in [0.2, 0.25) is 5.91 Å². The molecule has 0 radical (unpaired) electrons. The molecular weight excluding hydrogens is 396 g/mol. The fourth-order valence-electron chi connectivity index (χ4n) is 2.83. The second kappa shape index (κ2) is 8.66. The van der Waals surface area contributed by atoms with Crippen molar-refractivity contribution in [2.45, 2.75) is 23.2 Å². The maximum atomic E-state index is 13.7. The molecular formula is C17H17F2N3O3S2. The Labute approximate surface area is 162 Å². The van der Waals surface area contributed by atoms with Crippen molar-refractivity contribution in [3.05, 3.63) is 40.9 Å². The molecule has 1 aromatic heterocycles. The van der Waals surface area contributed by atoms with Crippen LogP contribution in [0.4, 0.5) is 14.5 Å². The molecule has 1 aliphatic rings. The van der Waals surface area contributed by atoms with Gasteiger partial charge in [0.15, 0.2) is 10.0 Å². The van der Waals surface area contributed by atoms with E-state index in [0.717, 1.165) is 18.2 Å². The number of carboxylic acid groups (broad SMARTS) is 1. The number of amides is 1. The highest BCUT2D eigenvalue weighted by atomic mass is 32.2. The third-order valence-corrected chi connectivity index (χ3v) is 6.17. The molecule has 0 saturated carbocycles. The summed E-state index contributed by atoms with van der Waals surface area (Å²) in [6.07, 6.45) is 1.07. The first-order chi connectivity index (χ1) is 12.9. The van der Waals surface area contributed by atoms with Gasteiger partial charge in [0.25, 0.3) is 0 Å². The third-order valence-electron chi connectivity index (χ3n) is 4.17. The van der Waals surface area contributed by atoms with Crippen LogP contribution in [0, 0.1) is 11.6 Å². The average molecular weight is 413 g/mol. The fraction of sp³-hybridized carbons (Fsp3) is 0.353. The molecule has 2 heterocycles.